The van der Waals surface area contributed by atoms with Crippen molar-refractivity contribution in [1.82, 2.24) is 24.3 Å². The Labute approximate surface area is 276 Å². The van der Waals surface area contributed by atoms with Crippen LogP contribution in [0.5, 0.6) is 0 Å². The molecule has 10 aromatic rings. The summed E-state index contributed by atoms with van der Waals surface area (Å²) in [5.74, 6) is 0.625. The minimum Gasteiger partial charge on any atom is -0.278 e. The first kappa shape index (κ1) is 26.6. The van der Waals surface area contributed by atoms with E-state index in [4.69, 9.17) is 15.1 Å². The van der Waals surface area contributed by atoms with Gasteiger partial charge in [-0.15, -0.1) is 0 Å². The van der Waals surface area contributed by atoms with Crippen molar-refractivity contribution in [3.05, 3.63) is 164 Å². The van der Waals surface area contributed by atoms with E-state index < -0.39 is 0 Å². The summed E-state index contributed by atoms with van der Waals surface area (Å²) >= 11 is 0. The van der Waals surface area contributed by atoms with Gasteiger partial charge in [-0.25, -0.2) is 14.6 Å². The van der Waals surface area contributed by atoms with Crippen LogP contribution in [0.1, 0.15) is 0 Å². The van der Waals surface area contributed by atoms with Crippen molar-refractivity contribution >= 4 is 54.3 Å². The summed E-state index contributed by atoms with van der Waals surface area (Å²) in [4.78, 5) is 10.6. The number of para-hydroxylation sites is 1. The molecule has 0 unspecified atom stereocenters. The summed E-state index contributed by atoms with van der Waals surface area (Å²) in [6.07, 6.45) is 1.97. The van der Waals surface area contributed by atoms with Gasteiger partial charge in [0.15, 0.2) is 0 Å². The number of fused-ring (bicyclic) bond motifs is 8. The van der Waals surface area contributed by atoms with E-state index in [1.165, 1.54) is 26.9 Å². The Hall–Kier alpha value is -6.59. The van der Waals surface area contributed by atoms with Gasteiger partial charge in [-0.2, -0.15) is 5.10 Å². The fourth-order valence-electron chi connectivity index (χ4n) is 7.16. The first-order valence-electron chi connectivity index (χ1n) is 16.1. The van der Waals surface area contributed by atoms with Crippen LogP contribution in [-0.4, -0.2) is 24.3 Å². The maximum atomic E-state index is 5.29. The van der Waals surface area contributed by atoms with Gasteiger partial charge in [0.05, 0.1) is 39.8 Å². The summed E-state index contributed by atoms with van der Waals surface area (Å²) in [6, 6.07) is 55.2. The van der Waals surface area contributed by atoms with Crippen molar-refractivity contribution in [2.75, 3.05) is 0 Å². The molecule has 0 aliphatic carbocycles. The van der Waals surface area contributed by atoms with Gasteiger partial charge in [0.25, 0.3) is 0 Å². The molecular formula is C43H27N5. The van der Waals surface area contributed by atoms with E-state index in [2.05, 4.69) is 132 Å². The van der Waals surface area contributed by atoms with Crippen LogP contribution in [-0.2, 0) is 0 Å². The van der Waals surface area contributed by atoms with Crippen molar-refractivity contribution in [3.63, 3.8) is 0 Å². The van der Waals surface area contributed by atoms with Crippen molar-refractivity contribution in [3.8, 4) is 34.2 Å². The third-order valence-corrected chi connectivity index (χ3v) is 9.38. The molecule has 5 heteroatoms. The van der Waals surface area contributed by atoms with Crippen LogP contribution < -0.4 is 0 Å². The highest BCUT2D eigenvalue weighted by molar-refractivity contribution is 6.29. The van der Waals surface area contributed by atoms with Crippen molar-refractivity contribution in [2.24, 2.45) is 0 Å². The second-order valence-electron chi connectivity index (χ2n) is 12.2. The predicted octanol–water partition coefficient (Wildman–Crippen LogP) is 10.6. The van der Waals surface area contributed by atoms with Crippen molar-refractivity contribution in [1.29, 1.82) is 0 Å². The molecule has 0 fully saturated rings. The average Bonchev–Trinajstić information content (AvgIpc) is 3.73. The quantitative estimate of drug-likeness (QED) is 0.186. The molecule has 0 saturated carbocycles. The second kappa shape index (κ2) is 10.5. The molecule has 0 radical (unpaired) electrons. The third kappa shape index (κ3) is 4.08. The standard InChI is InChI=1S/C43H27N5/c1-4-13-29(14-5-1)36-25-37(30-15-6-2-7-16-30)46-43(45-36)47-38-23-22-31-21-20-28-12-10-11-19-34(28)41(31)42(38)35-24-32-27-44-48(39(32)26-40(35)47)33-17-8-3-9-18-33/h1-27H. The number of hydrogen-bond donors (Lipinski definition) is 0. The number of benzene rings is 7. The molecule has 3 aromatic heterocycles. The number of hydrogen-bond acceptors (Lipinski definition) is 3. The minimum atomic E-state index is 0.625. The van der Waals surface area contributed by atoms with Gasteiger partial charge in [-0.05, 0) is 57.9 Å². The minimum absolute atomic E-state index is 0.625. The van der Waals surface area contributed by atoms with Crippen LogP contribution >= 0.6 is 0 Å². The van der Waals surface area contributed by atoms with E-state index in [1.54, 1.807) is 0 Å². The molecule has 10 rings (SSSR count). The molecule has 0 amide bonds. The lowest BCUT2D eigenvalue weighted by molar-refractivity contribution is 0.910. The lowest BCUT2D eigenvalue weighted by atomic mass is 9.97. The number of nitrogens with zero attached hydrogens (tertiary/aromatic N) is 5. The molecule has 0 atom stereocenters. The van der Waals surface area contributed by atoms with Gasteiger partial charge in [-0.1, -0.05) is 121 Å². The Bertz CT molecular complexity index is 2760. The van der Waals surface area contributed by atoms with Crippen LogP contribution in [0, 0.1) is 0 Å². The normalized spacial score (nSPS) is 11.8. The third-order valence-electron chi connectivity index (χ3n) is 9.38. The van der Waals surface area contributed by atoms with Gasteiger partial charge < -0.3 is 0 Å². The van der Waals surface area contributed by atoms with E-state index in [1.807, 2.05) is 41.2 Å². The molecule has 48 heavy (non-hydrogen) atoms. The maximum absolute atomic E-state index is 5.29. The van der Waals surface area contributed by atoms with Gasteiger partial charge in [-0.3, -0.25) is 4.57 Å². The van der Waals surface area contributed by atoms with E-state index in [9.17, 15) is 0 Å². The molecule has 0 aliphatic heterocycles. The van der Waals surface area contributed by atoms with E-state index in [-0.39, 0.29) is 0 Å². The highest BCUT2D eigenvalue weighted by atomic mass is 15.3. The summed E-state index contributed by atoms with van der Waals surface area (Å²) in [5.41, 5.74) is 7.95. The molecule has 5 nitrogen and oxygen atoms in total. The predicted molar refractivity (Wildman–Crippen MR) is 197 cm³/mol. The second-order valence-corrected chi connectivity index (χ2v) is 12.2. The van der Waals surface area contributed by atoms with Crippen LogP contribution in [0.2, 0.25) is 0 Å². The molecule has 3 heterocycles. The Morgan fingerprint density at radius 1 is 0.417 bits per heavy atom. The van der Waals surface area contributed by atoms with Gasteiger partial charge in [0.2, 0.25) is 5.95 Å². The molecular weight excluding hydrogens is 587 g/mol. The van der Waals surface area contributed by atoms with Crippen LogP contribution in [0.4, 0.5) is 0 Å². The van der Waals surface area contributed by atoms with E-state index in [0.29, 0.717) is 5.95 Å². The summed E-state index contributed by atoms with van der Waals surface area (Å²) in [5, 5.41) is 13.1. The summed E-state index contributed by atoms with van der Waals surface area (Å²) < 4.78 is 4.26. The summed E-state index contributed by atoms with van der Waals surface area (Å²) in [7, 11) is 0. The van der Waals surface area contributed by atoms with Gasteiger partial charge in [0.1, 0.15) is 0 Å². The summed E-state index contributed by atoms with van der Waals surface area (Å²) in [6.45, 7) is 0. The molecule has 224 valence electrons. The zero-order chi connectivity index (χ0) is 31.6. The molecule has 0 bridgehead atoms. The van der Waals surface area contributed by atoms with E-state index in [0.717, 1.165) is 55.5 Å². The first-order valence-corrected chi connectivity index (χ1v) is 16.1. The molecule has 7 aromatic carbocycles. The monoisotopic (exact) mass is 613 g/mol. The Morgan fingerprint density at radius 3 is 1.77 bits per heavy atom. The fraction of sp³-hybridized carbons (Fsp3) is 0. The zero-order valence-electron chi connectivity index (χ0n) is 25.8. The van der Waals surface area contributed by atoms with Crippen LogP contribution in [0.3, 0.4) is 0 Å². The van der Waals surface area contributed by atoms with Crippen LogP contribution in [0.15, 0.2) is 164 Å². The number of aromatic nitrogens is 5. The lowest BCUT2D eigenvalue weighted by Crippen LogP contribution is -2.04. The lowest BCUT2D eigenvalue weighted by Gasteiger charge is -2.12. The maximum Gasteiger partial charge on any atom is 0.235 e. The molecule has 0 N–H and O–H groups in total. The smallest absolute Gasteiger partial charge is 0.235 e. The molecule has 0 spiro atoms. The zero-order valence-corrected chi connectivity index (χ0v) is 25.8. The largest absolute Gasteiger partial charge is 0.278 e. The molecule has 0 aliphatic rings. The topological polar surface area (TPSA) is 48.5 Å². The molecule has 0 saturated heterocycles. The average molecular weight is 614 g/mol. The SMILES string of the molecule is c1ccc(-c2cc(-c3ccccc3)nc(-n3c4cc5c(cnn5-c5ccccc5)cc4c4c5c(ccc6ccccc65)ccc43)n2)cc1. The highest BCUT2D eigenvalue weighted by Crippen LogP contribution is 2.41. The van der Waals surface area contributed by atoms with Gasteiger partial charge in [0, 0.05) is 27.3 Å². The Morgan fingerprint density at radius 2 is 1.04 bits per heavy atom. The van der Waals surface area contributed by atoms with Crippen LogP contribution in [0.25, 0.3) is 88.4 Å². The first-order chi connectivity index (χ1) is 23.8. The van der Waals surface area contributed by atoms with E-state index >= 15 is 0 Å². The van der Waals surface area contributed by atoms with Crippen molar-refractivity contribution < 1.29 is 0 Å². The van der Waals surface area contributed by atoms with Gasteiger partial charge >= 0.3 is 0 Å². The fourth-order valence-corrected chi connectivity index (χ4v) is 7.16. The number of rotatable bonds is 4. The highest BCUT2D eigenvalue weighted by Gasteiger charge is 2.21. The Kier molecular flexibility index (Phi) is 5.81. The van der Waals surface area contributed by atoms with Crippen molar-refractivity contribution in [2.45, 2.75) is 0 Å². The Balaban J connectivity index is 1.37.